The summed E-state index contributed by atoms with van der Waals surface area (Å²) < 4.78 is 15.9. The van der Waals surface area contributed by atoms with Crippen LogP contribution in [0.5, 0.6) is 5.88 Å². The molecule has 0 atom stereocenters. The van der Waals surface area contributed by atoms with E-state index in [2.05, 4.69) is 24.1 Å². The first-order valence-electron chi connectivity index (χ1n) is 7.57. The Morgan fingerprint density at radius 2 is 2.00 bits per heavy atom. The minimum absolute atomic E-state index is 0.519. The highest BCUT2D eigenvalue weighted by molar-refractivity contribution is 5.17. The molecule has 0 aliphatic heterocycles. The summed E-state index contributed by atoms with van der Waals surface area (Å²) in [6, 6.07) is 3.94. The van der Waals surface area contributed by atoms with Gasteiger partial charge in [-0.2, -0.15) is 0 Å². The molecule has 5 nitrogen and oxygen atoms in total. The van der Waals surface area contributed by atoms with E-state index in [4.69, 9.17) is 14.2 Å². The SMILES string of the molecule is COCCCOCCOc1ccc(CNCC(C)C)cn1. The Balaban J connectivity index is 2.10. The van der Waals surface area contributed by atoms with Crippen LogP contribution in [0.3, 0.4) is 0 Å². The van der Waals surface area contributed by atoms with Crippen molar-refractivity contribution in [2.75, 3.05) is 40.1 Å². The molecule has 120 valence electrons. The number of hydrogen-bond donors (Lipinski definition) is 1. The summed E-state index contributed by atoms with van der Waals surface area (Å²) in [5.74, 6) is 1.30. The number of pyridine rings is 1. The van der Waals surface area contributed by atoms with Gasteiger partial charge >= 0.3 is 0 Å². The first-order chi connectivity index (χ1) is 10.2. The van der Waals surface area contributed by atoms with Gasteiger partial charge in [0.15, 0.2) is 0 Å². The maximum Gasteiger partial charge on any atom is 0.213 e. The molecule has 0 bridgehead atoms. The molecule has 0 aromatic carbocycles. The highest BCUT2D eigenvalue weighted by atomic mass is 16.5. The quantitative estimate of drug-likeness (QED) is 0.600. The number of hydrogen-bond acceptors (Lipinski definition) is 5. The lowest BCUT2D eigenvalue weighted by Crippen LogP contribution is -2.19. The molecule has 21 heavy (non-hydrogen) atoms. The van der Waals surface area contributed by atoms with Crippen LogP contribution >= 0.6 is 0 Å². The van der Waals surface area contributed by atoms with E-state index in [1.54, 1.807) is 7.11 Å². The predicted molar refractivity (Wildman–Crippen MR) is 83.6 cm³/mol. The van der Waals surface area contributed by atoms with Gasteiger partial charge in [-0.25, -0.2) is 4.98 Å². The van der Waals surface area contributed by atoms with Crippen LogP contribution in [0.1, 0.15) is 25.8 Å². The van der Waals surface area contributed by atoms with Gasteiger partial charge in [0.2, 0.25) is 5.88 Å². The molecule has 1 aromatic rings. The lowest BCUT2D eigenvalue weighted by Gasteiger charge is -2.09. The molecule has 5 heteroatoms. The summed E-state index contributed by atoms with van der Waals surface area (Å²) in [5, 5.41) is 3.39. The van der Waals surface area contributed by atoms with Crippen LogP contribution in [0.25, 0.3) is 0 Å². The standard InChI is InChI=1S/C16H28N2O3/c1-14(2)11-17-12-15-5-6-16(18-13-15)21-10-9-20-8-4-7-19-3/h5-6,13-14,17H,4,7-12H2,1-3H3. The average molecular weight is 296 g/mol. The van der Waals surface area contributed by atoms with E-state index in [0.29, 0.717) is 31.6 Å². The Morgan fingerprint density at radius 1 is 1.14 bits per heavy atom. The molecule has 1 heterocycles. The van der Waals surface area contributed by atoms with Gasteiger partial charge in [0.05, 0.1) is 6.61 Å². The second kappa shape index (κ2) is 11.5. The fraction of sp³-hybridized carbons (Fsp3) is 0.688. The summed E-state index contributed by atoms with van der Waals surface area (Å²) in [6.45, 7) is 8.76. The van der Waals surface area contributed by atoms with Crippen molar-refractivity contribution in [3.05, 3.63) is 23.9 Å². The minimum atomic E-state index is 0.519. The Hall–Kier alpha value is -1.17. The van der Waals surface area contributed by atoms with Crippen molar-refractivity contribution in [2.45, 2.75) is 26.8 Å². The molecular weight excluding hydrogens is 268 g/mol. The third-order valence-electron chi connectivity index (χ3n) is 2.79. The Labute approximate surface area is 128 Å². The molecule has 0 spiro atoms. The van der Waals surface area contributed by atoms with Crippen molar-refractivity contribution in [1.29, 1.82) is 0 Å². The second-order valence-electron chi connectivity index (χ2n) is 5.34. The zero-order chi connectivity index (χ0) is 15.3. The molecule has 1 rings (SSSR count). The van der Waals surface area contributed by atoms with E-state index in [0.717, 1.165) is 26.1 Å². The van der Waals surface area contributed by atoms with E-state index in [9.17, 15) is 0 Å². The minimum Gasteiger partial charge on any atom is -0.475 e. The van der Waals surface area contributed by atoms with Crippen molar-refractivity contribution < 1.29 is 14.2 Å². The van der Waals surface area contributed by atoms with Crippen LogP contribution in [0.15, 0.2) is 18.3 Å². The summed E-state index contributed by atoms with van der Waals surface area (Å²) in [5.41, 5.74) is 1.17. The Kier molecular flexibility index (Phi) is 9.78. The van der Waals surface area contributed by atoms with E-state index in [1.165, 1.54) is 5.56 Å². The topological polar surface area (TPSA) is 52.6 Å². The Morgan fingerprint density at radius 3 is 2.67 bits per heavy atom. The van der Waals surface area contributed by atoms with Crippen molar-refractivity contribution in [2.24, 2.45) is 5.92 Å². The average Bonchev–Trinajstić information content (AvgIpc) is 2.47. The molecule has 1 N–H and O–H groups in total. The number of ether oxygens (including phenoxy) is 3. The number of methoxy groups -OCH3 is 1. The van der Waals surface area contributed by atoms with Gasteiger partial charge < -0.3 is 19.5 Å². The third-order valence-corrected chi connectivity index (χ3v) is 2.79. The largest absolute Gasteiger partial charge is 0.475 e. The van der Waals surface area contributed by atoms with E-state index in [1.807, 2.05) is 18.3 Å². The monoisotopic (exact) mass is 296 g/mol. The molecule has 0 saturated carbocycles. The summed E-state index contributed by atoms with van der Waals surface area (Å²) >= 11 is 0. The maximum absolute atomic E-state index is 5.52. The number of aromatic nitrogens is 1. The lowest BCUT2D eigenvalue weighted by molar-refractivity contribution is 0.0795. The summed E-state index contributed by atoms with van der Waals surface area (Å²) in [6.07, 6.45) is 2.76. The fourth-order valence-electron chi connectivity index (χ4n) is 1.72. The molecular formula is C16H28N2O3. The van der Waals surface area contributed by atoms with Crippen LogP contribution in [-0.4, -0.2) is 45.1 Å². The first kappa shape index (κ1) is 17.9. The van der Waals surface area contributed by atoms with E-state index < -0.39 is 0 Å². The van der Waals surface area contributed by atoms with Crippen molar-refractivity contribution in [3.8, 4) is 5.88 Å². The second-order valence-corrected chi connectivity index (χ2v) is 5.34. The predicted octanol–water partition coefficient (Wildman–Crippen LogP) is 2.26. The molecule has 0 fully saturated rings. The molecule has 0 radical (unpaired) electrons. The first-order valence-corrected chi connectivity index (χ1v) is 7.57. The Bertz CT molecular complexity index is 355. The maximum atomic E-state index is 5.52. The number of rotatable bonds is 12. The lowest BCUT2D eigenvalue weighted by atomic mass is 10.2. The van der Waals surface area contributed by atoms with E-state index in [-0.39, 0.29) is 0 Å². The van der Waals surface area contributed by atoms with E-state index >= 15 is 0 Å². The van der Waals surface area contributed by atoms with Crippen molar-refractivity contribution in [3.63, 3.8) is 0 Å². The summed E-state index contributed by atoms with van der Waals surface area (Å²) in [7, 11) is 1.69. The normalized spacial score (nSPS) is 11.0. The number of nitrogens with one attached hydrogen (secondary N) is 1. The van der Waals surface area contributed by atoms with Gasteiger partial charge in [-0.15, -0.1) is 0 Å². The van der Waals surface area contributed by atoms with Crippen molar-refractivity contribution >= 4 is 0 Å². The van der Waals surface area contributed by atoms with Gasteiger partial charge in [-0.05, 0) is 24.4 Å². The zero-order valence-electron chi connectivity index (χ0n) is 13.4. The molecule has 0 unspecified atom stereocenters. The highest BCUT2D eigenvalue weighted by Gasteiger charge is 1.98. The van der Waals surface area contributed by atoms with Crippen molar-refractivity contribution in [1.82, 2.24) is 10.3 Å². The van der Waals surface area contributed by atoms with Gasteiger partial charge in [-0.1, -0.05) is 19.9 Å². The van der Waals surface area contributed by atoms with Gasteiger partial charge in [0.1, 0.15) is 6.61 Å². The van der Waals surface area contributed by atoms with Crippen LogP contribution < -0.4 is 10.1 Å². The van der Waals surface area contributed by atoms with Crippen LogP contribution in [0.2, 0.25) is 0 Å². The zero-order valence-corrected chi connectivity index (χ0v) is 13.4. The fourth-order valence-corrected chi connectivity index (χ4v) is 1.72. The third kappa shape index (κ3) is 9.39. The van der Waals surface area contributed by atoms with Crippen LogP contribution in [-0.2, 0) is 16.0 Å². The van der Waals surface area contributed by atoms with Crippen LogP contribution in [0, 0.1) is 5.92 Å². The number of nitrogens with zero attached hydrogens (tertiary/aromatic N) is 1. The van der Waals surface area contributed by atoms with Gasteiger partial charge in [0.25, 0.3) is 0 Å². The smallest absolute Gasteiger partial charge is 0.213 e. The molecule has 1 aromatic heterocycles. The molecule has 0 aliphatic rings. The summed E-state index contributed by atoms with van der Waals surface area (Å²) in [4.78, 5) is 4.29. The highest BCUT2D eigenvalue weighted by Crippen LogP contribution is 2.07. The molecule has 0 aliphatic carbocycles. The molecule has 0 amide bonds. The van der Waals surface area contributed by atoms with Gasteiger partial charge in [-0.3, -0.25) is 0 Å². The molecule has 0 saturated heterocycles. The van der Waals surface area contributed by atoms with Gasteiger partial charge in [0, 0.05) is 39.1 Å². The van der Waals surface area contributed by atoms with Crippen LogP contribution in [0.4, 0.5) is 0 Å².